The van der Waals surface area contributed by atoms with Crippen molar-refractivity contribution in [2.75, 3.05) is 59.7 Å². The topological polar surface area (TPSA) is 85.1 Å². The summed E-state index contributed by atoms with van der Waals surface area (Å²) in [4.78, 5) is 2.45. The van der Waals surface area contributed by atoms with Crippen LogP contribution in [0.1, 0.15) is 29.5 Å². The van der Waals surface area contributed by atoms with Gasteiger partial charge in [-0.3, -0.25) is 0 Å². The molecule has 3 rings (SSSR count). The zero-order valence-electron chi connectivity index (χ0n) is 19.7. The molecule has 1 atom stereocenters. The lowest BCUT2D eigenvalue weighted by molar-refractivity contribution is 0.0475. The summed E-state index contributed by atoms with van der Waals surface area (Å²) in [7, 11) is -1.65. The number of ether oxygens (including phenoxy) is 2. The molecule has 1 aliphatic heterocycles. The Hall–Kier alpha value is -1.23. The van der Waals surface area contributed by atoms with E-state index >= 15 is 0 Å². The van der Waals surface area contributed by atoms with E-state index in [0.717, 1.165) is 29.8 Å². The summed E-state index contributed by atoms with van der Waals surface area (Å²) in [6.45, 7) is 5.96. The van der Waals surface area contributed by atoms with Crippen molar-refractivity contribution in [2.45, 2.75) is 24.3 Å². The van der Waals surface area contributed by atoms with Gasteiger partial charge in [-0.25, -0.2) is 8.42 Å². The van der Waals surface area contributed by atoms with Crippen molar-refractivity contribution in [1.82, 2.24) is 9.21 Å². The van der Waals surface area contributed by atoms with Crippen LogP contribution in [0.15, 0.2) is 41.3 Å². The van der Waals surface area contributed by atoms with Gasteiger partial charge in [0.2, 0.25) is 10.0 Å². The van der Waals surface area contributed by atoms with Crippen molar-refractivity contribution >= 4 is 33.2 Å². The van der Waals surface area contributed by atoms with E-state index in [-0.39, 0.29) is 24.0 Å². The molecule has 0 amide bonds. The molecule has 2 aromatic carbocycles. The van der Waals surface area contributed by atoms with Gasteiger partial charge in [-0.05, 0) is 48.0 Å². The van der Waals surface area contributed by atoms with Gasteiger partial charge in [0.05, 0.1) is 31.3 Å². The second-order valence-electron chi connectivity index (χ2n) is 8.29. The fourth-order valence-corrected chi connectivity index (χ4v) is 6.25. The largest absolute Gasteiger partial charge is 0.378 e. The fourth-order valence-electron chi connectivity index (χ4n) is 4.19. The number of halogens is 2. The molecule has 1 heterocycles. The minimum absolute atomic E-state index is 0.0352. The lowest BCUT2D eigenvalue weighted by atomic mass is 9.85. The predicted octanol–water partition coefficient (Wildman–Crippen LogP) is 3.57. The van der Waals surface area contributed by atoms with E-state index in [1.165, 1.54) is 4.31 Å². The Morgan fingerprint density at radius 1 is 1.12 bits per heavy atom. The molecule has 0 fully saturated rings. The number of nitrogens with zero attached hydrogens (tertiary/aromatic N) is 2. The van der Waals surface area contributed by atoms with E-state index in [0.29, 0.717) is 43.0 Å². The number of hydrogen-bond acceptors (Lipinski definition) is 6. The van der Waals surface area contributed by atoms with E-state index in [1.54, 1.807) is 24.3 Å². The summed E-state index contributed by atoms with van der Waals surface area (Å²) in [6.07, 6.45) is 0. The third kappa shape index (κ3) is 6.71. The summed E-state index contributed by atoms with van der Waals surface area (Å²) in [5, 5.41) is 1.21. The average Bonchev–Trinajstić information content (AvgIpc) is 2.81. The first-order chi connectivity index (χ1) is 16.3. The molecule has 0 saturated heterocycles. The summed E-state index contributed by atoms with van der Waals surface area (Å²) >= 11 is 12.8. The third-order valence-corrected chi connectivity index (χ3v) is 8.39. The monoisotopic (exact) mass is 529 g/mol. The zero-order valence-corrected chi connectivity index (χ0v) is 22.0. The maximum atomic E-state index is 13.4. The number of nitrogens with two attached hydrogens (primary N) is 1. The Morgan fingerprint density at radius 2 is 1.85 bits per heavy atom. The molecule has 2 N–H and O–H groups in total. The standard InChI is InChI=1S/C24H33Cl2N3O4S/c1-3-29(8-10-33-12-11-32-9-7-27)34(30,31)20-6-4-5-18(13-20)22-16-28(2)17-23-21(22)14-19(25)15-24(23)26/h4-6,13-15,22H,3,7-12,16-17,27H2,1-2H3. The van der Waals surface area contributed by atoms with Crippen molar-refractivity contribution in [3.8, 4) is 0 Å². The first-order valence-electron chi connectivity index (χ1n) is 11.4. The number of sulfonamides is 1. The average molecular weight is 531 g/mol. The molecule has 188 valence electrons. The maximum absolute atomic E-state index is 13.4. The van der Waals surface area contributed by atoms with E-state index in [4.69, 9.17) is 38.4 Å². The van der Waals surface area contributed by atoms with Gasteiger partial charge in [0.15, 0.2) is 0 Å². The highest BCUT2D eigenvalue weighted by Crippen LogP contribution is 2.39. The predicted molar refractivity (Wildman–Crippen MR) is 136 cm³/mol. The van der Waals surface area contributed by atoms with Crippen LogP contribution in [-0.4, -0.2) is 77.3 Å². The fraction of sp³-hybridized carbons (Fsp3) is 0.500. The minimum Gasteiger partial charge on any atom is -0.378 e. The van der Waals surface area contributed by atoms with Gasteiger partial charge in [0.1, 0.15) is 0 Å². The van der Waals surface area contributed by atoms with Crippen LogP contribution < -0.4 is 5.73 Å². The van der Waals surface area contributed by atoms with Crippen molar-refractivity contribution in [1.29, 1.82) is 0 Å². The van der Waals surface area contributed by atoms with Gasteiger partial charge in [0, 0.05) is 48.7 Å². The van der Waals surface area contributed by atoms with Gasteiger partial charge < -0.3 is 20.1 Å². The normalized spacial score (nSPS) is 16.7. The Kier molecular flexibility index (Phi) is 10.2. The second-order valence-corrected chi connectivity index (χ2v) is 11.1. The van der Waals surface area contributed by atoms with Gasteiger partial charge in [-0.2, -0.15) is 4.31 Å². The first-order valence-corrected chi connectivity index (χ1v) is 13.6. The van der Waals surface area contributed by atoms with E-state index in [1.807, 2.05) is 26.1 Å². The highest BCUT2D eigenvalue weighted by Gasteiger charge is 2.29. The molecular formula is C24H33Cl2N3O4S. The lowest BCUT2D eigenvalue weighted by Gasteiger charge is -2.33. The van der Waals surface area contributed by atoms with Gasteiger partial charge in [0.25, 0.3) is 0 Å². The molecule has 0 aromatic heterocycles. The molecule has 10 heteroatoms. The third-order valence-electron chi connectivity index (χ3n) is 5.86. The van der Waals surface area contributed by atoms with Crippen molar-refractivity contribution in [3.63, 3.8) is 0 Å². The Bertz CT molecular complexity index is 1070. The van der Waals surface area contributed by atoms with Gasteiger partial charge in [-0.15, -0.1) is 0 Å². The van der Waals surface area contributed by atoms with E-state index in [2.05, 4.69) is 4.90 Å². The number of likely N-dealkylation sites (N-methyl/N-ethyl adjacent to an activating group) is 2. The summed E-state index contributed by atoms with van der Waals surface area (Å²) in [6, 6.07) is 10.9. The number of rotatable bonds is 12. The minimum atomic E-state index is -3.68. The molecule has 34 heavy (non-hydrogen) atoms. The Morgan fingerprint density at radius 3 is 2.56 bits per heavy atom. The smallest absolute Gasteiger partial charge is 0.243 e. The molecule has 0 radical (unpaired) electrons. The van der Waals surface area contributed by atoms with Crippen LogP contribution >= 0.6 is 23.2 Å². The van der Waals surface area contributed by atoms with Crippen molar-refractivity contribution in [2.24, 2.45) is 5.73 Å². The molecule has 0 aliphatic carbocycles. The molecule has 7 nitrogen and oxygen atoms in total. The number of hydrogen-bond donors (Lipinski definition) is 1. The number of fused-ring (bicyclic) bond motifs is 1. The first kappa shape index (κ1) is 27.4. The highest BCUT2D eigenvalue weighted by atomic mass is 35.5. The molecule has 0 bridgehead atoms. The SMILES string of the molecule is CCN(CCOCCOCCN)S(=O)(=O)c1cccc(C2CN(C)Cc3c(Cl)cc(Cl)cc32)c1. The van der Waals surface area contributed by atoms with E-state index < -0.39 is 10.0 Å². The zero-order chi connectivity index (χ0) is 24.7. The molecular weight excluding hydrogens is 497 g/mol. The summed E-state index contributed by atoms with van der Waals surface area (Å²) < 4.78 is 39.0. The molecule has 1 unspecified atom stereocenters. The molecule has 1 aliphatic rings. The van der Waals surface area contributed by atoms with Crippen LogP contribution in [0.2, 0.25) is 10.0 Å². The van der Waals surface area contributed by atoms with Gasteiger partial charge >= 0.3 is 0 Å². The van der Waals surface area contributed by atoms with Crippen LogP contribution in [0, 0.1) is 0 Å². The quantitative estimate of drug-likeness (QED) is 0.423. The van der Waals surface area contributed by atoms with E-state index in [9.17, 15) is 8.42 Å². The molecule has 0 spiro atoms. The van der Waals surface area contributed by atoms with Crippen LogP contribution in [0.3, 0.4) is 0 Å². The highest BCUT2D eigenvalue weighted by molar-refractivity contribution is 7.89. The Balaban J connectivity index is 1.78. The van der Waals surface area contributed by atoms with Crippen LogP contribution in [-0.2, 0) is 26.0 Å². The Labute approximate surface area is 212 Å². The second kappa shape index (κ2) is 12.6. The van der Waals surface area contributed by atoms with Crippen LogP contribution in [0.4, 0.5) is 0 Å². The molecule has 0 saturated carbocycles. The summed E-state index contributed by atoms with van der Waals surface area (Å²) in [5.41, 5.74) is 8.36. The van der Waals surface area contributed by atoms with Gasteiger partial charge in [-0.1, -0.05) is 42.3 Å². The van der Waals surface area contributed by atoms with Crippen LogP contribution in [0.25, 0.3) is 0 Å². The van der Waals surface area contributed by atoms with Crippen molar-refractivity contribution < 1.29 is 17.9 Å². The summed E-state index contributed by atoms with van der Waals surface area (Å²) in [5.74, 6) is -0.0352. The maximum Gasteiger partial charge on any atom is 0.243 e. The molecule has 2 aromatic rings. The lowest BCUT2D eigenvalue weighted by Crippen LogP contribution is -2.34. The van der Waals surface area contributed by atoms with Crippen molar-refractivity contribution in [3.05, 3.63) is 63.1 Å². The number of benzene rings is 2. The van der Waals surface area contributed by atoms with Crippen LogP contribution in [0.5, 0.6) is 0 Å².